The number of nitrogens with zero attached hydrogens (tertiary/aromatic N) is 7. The maximum atomic E-state index is 5.61. The van der Waals surface area contributed by atoms with E-state index < -0.39 is 0 Å². The Morgan fingerprint density at radius 3 is 2.77 bits per heavy atom. The van der Waals surface area contributed by atoms with E-state index in [2.05, 4.69) is 26.1 Å². The van der Waals surface area contributed by atoms with E-state index in [9.17, 15) is 0 Å². The molecule has 0 aliphatic carbocycles. The Morgan fingerprint density at radius 1 is 1.17 bits per heavy atom. The third-order valence-electron chi connectivity index (χ3n) is 6.29. The van der Waals surface area contributed by atoms with Crippen molar-refractivity contribution in [1.29, 1.82) is 0 Å². The molecular weight excluding hydrogens is 378 g/mol. The molecule has 158 valence electrons. The van der Waals surface area contributed by atoms with Crippen molar-refractivity contribution in [1.82, 2.24) is 29.8 Å². The molecule has 5 rings (SSSR count). The van der Waals surface area contributed by atoms with E-state index in [-0.39, 0.29) is 0 Å². The first-order valence-electron chi connectivity index (χ1n) is 10.9. The van der Waals surface area contributed by atoms with Crippen molar-refractivity contribution < 1.29 is 4.52 Å². The molecule has 5 heterocycles. The molecule has 0 amide bonds. The van der Waals surface area contributed by atoms with Gasteiger partial charge in [-0.15, -0.1) is 0 Å². The fourth-order valence-corrected chi connectivity index (χ4v) is 4.65. The molecule has 0 bridgehead atoms. The molecule has 0 radical (unpaired) electrons. The third kappa shape index (κ3) is 3.84. The molecule has 1 unspecified atom stereocenters. The van der Waals surface area contributed by atoms with Gasteiger partial charge in [-0.25, -0.2) is 9.97 Å². The molecule has 8 heteroatoms. The van der Waals surface area contributed by atoms with Crippen molar-refractivity contribution in [2.75, 3.05) is 31.1 Å². The van der Waals surface area contributed by atoms with Crippen molar-refractivity contribution in [2.45, 2.75) is 45.1 Å². The zero-order chi connectivity index (χ0) is 20.5. The summed E-state index contributed by atoms with van der Waals surface area (Å²) in [5.41, 5.74) is 4.19. The van der Waals surface area contributed by atoms with Crippen LogP contribution in [0.2, 0.25) is 0 Å². The summed E-state index contributed by atoms with van der Waals surface area (Å²) < 4.78 is 7.57. The summed E-state index contributed by atoms with van der Waals surface area (Å²) in [4.78, 5) is 14.6. The van der Waals surface area contributed by atoms with Gasteiger partial charge in [0.05, 0.1) is 22.6 Å². The Labute approximate surface area is 176 Å². The van der Waals surface area contributed by atoms with Crippen LogP contribution in [-0.2, 0) is 13.6 Å². The topological polar surface area (TPSA) is 76.1 Å². The minimum atomic E-state index is 0.344. The van der Waals surface area contributed by atoms with Crippen molar-refractivity contribution in [3.8, 4) is 11.3 Å². The first-order chi connectivity index (χ1) is 14.7. The Kier molecular flexibility index (Phi) is 5.25. The van der Waals surface area contributed by atoms with Crippen LogP contribution in [0.1, 0.15) is 48.7 Å². The molecule has 2 fully saturated rings. The van der Waals surface area contributed by atoms with Crippen LogP contribution in [0.25, 0.3) is 11.3 Å². The van der Waals surface area contributed by atoms with Crippen LogP contribution in [0.4, 0.5) is 5.95 Å². The van der Waals surface area contributed by atoms with Gasteiger partial charge in [0.15, 0.2) is 5.76 Å². The van der Waals surface area contributed by atoms with Crippen LogP contribution in [-0.4, -0.2) is 56.0 Å². The molecule has 0 spiro atoms. The van der Waals surface area contributed by atoms with Crippen LogP contribution in [0, 0.1) is 6.92 Å². The maximum absolute atomic E-state index is 5.61. The second-order valence-electron chi connectivity index (χ2n) is 8.52. The van der Waals surface area contributed by atoms with E-state index in [1.165, 1.54) is 18.5 Å². The quantitative estimate of drug-likeness (QED) is 0.643. The fourth-order valence-electron chi connectivity index (χ4n) is 4.65. The molecule has 3 aromatic rings. The monoisotopic (exact) mass is 407 g/mol. The van der Waals surface area contributed by atoms with Gasteiger partial charge in [-0.2, -0.15) is 5.10 Å². The summed E-state index contributed by atoms with van der Waals surface area (Å²) in [5.74, 6) is 1.96. The molecule has 0 N–H and O–H groups in total. The lowest BCUT2D eigenvalue weighted by atomic mass is 9.91. The Hall–Kier alpha value is -2.74. The number of likely N-dealkylation sites (tertiary alicyclic amines) is 1. The van der Waals surface area contributed by atoms with Crippen LogP contribution in [0.3, 0.4) is 0 Å². The van der Waals surface area contributed by atoms with E-state index in [0.717, 1.165) is 74.2 Å². The van der Waals surface area contributed by atoms with E-state index in [1.54, 1.807) is 0 Å². The summed E-state index contributed by atoms with van der Waals surface area (Å²) in [5, 5.41) is 8.41. The average molecular weight is 408 g/mol. The van der Waals surface area contributed by atoms with Crippen molar-refractivity contribution in [3.05, 3.63) is 41.6 Å². The normalized spacial score (nSPS) is 20.2. The van der Waals surface area contributed by atoms with Crippen molar-refractivity contribution in [3.63, 3.8) is 0 Å². The molecule has 2 saturated heterocycles. The molecule has 2 aliphatic rings. The molecule has 8 nitrogen and oxygen atoms in total. The lowest BCUT2D eigenvalue weighted by molar-refractivity contribution is 0.194. The highest BCUT2D eigenvalue weighted by Gasteiger charge is 2.28. The van der Waals surface area contributed by atoms with Crippen molar-refractivity contribution >= 4 is 5.95 Å². The van der Waals surface area contributed by atoms with Gasteiger partial charge in [0.1, 0.15) is 0 Å². The van der Waals surface area contributed by atoms with E-state index in [4.69, 9.17) is 14.5 Å². The first kappa shape index (κ1) is 19.2. The van der Waals surface area contributed by atoms with Gasteiger partial charge in [-0.3, -0.25) is 9.58 Å². The second kappa shape index (κ2) is 8.18. The number of aryl methyl sites for hydroxylation is 2. The zero-order valence-electron chi connectivity index (χ0n) is 17.8. The molecule has 1 atom stereocenters. The lowest BCUT2D eigenvalue weighted by Gasteiger charge is -2.33. The molecule has 30 heavy (non-hydrogen) atoms. The minimum Gasteiger partial charge on any atom is -0.356 e. The molecule has 3 aromatic heterocycles. The SMILES string of the molecule is Cc1cc(-c2cnc(N3CCCC3)nc2C2CCCN(Cc3ccnn3C)C2)on1. The number of anilines is 1. The molecule has 2 aliphatic heterocycles. The summed E-state index contributed by atoms with van der Waals surface area (Å²) in [6.07, 6.45) is 8.51. The lowest BCUT2D eigenvalue weighted by Crippen LogP contribution is -2.35. The summed E-state index contributed by atoms with van der Waals surface area (Å²) in [6, 6.07) is 4.08. The van der Waals surface area contributed by atoms with E-state index in [1.807, 2.05) is 37.1 Å². The van der Waals surface area contributed by atoms with Crippen LogP contribution in [0.15, 0.2) is 29.0 Å². The van der Waals surface area contributed by atoms with Crippen LogP contribution in [0.5, 0.6) is 0 Å². The Morgan fingerprint density at radius 2 is 2.03 bits per heavy atom. The summed E-state index contributed by atoms with van der Waals surface area (Å²) >= 11 is 0. The van der Waals surface area contributed by atoms with Gasteiger partial charge >= 0.3 is 0 Å². The van der Waals surface area contributed by atoms with Gasteiger partial charge in [0.2, 0.25) is 5.95 Å². The standard InChI is InChI=1S/C22H29N7O/c1-16-12-20(30-26-16)19-13-23-22(29-10-3-4-11-29)25-21(19)17-6-5-9-28(14-17)15-18-7-8-24-27(18)2/h7-8,12-13,17H,3-6,9-11,14-15H2,1-2H3. The summed E-state index contributed by atoms with van der Waals surface area (Å²) in [7, 11) is 2.01. The predicted molar refractivity (Wildman–Crippen MR) is 114 cm³/mol. The fraction of sp³-hybridized carbons (Fsp3) is 0.545. The highest BCUT2D eigenvalue weighted by atomic mass is 16.5. The molecular formula is C22H29N7O. The van der Waals surface area contributed by atoms with Gasteiger partial charge in [0.25, 0.3) is 0 Å². The highest BCUT2D eigenvalue weighted by molar-refractivity contribution is 5.61. The number of aromatic nitrogens is 5. The Balaban J connectivity index is 1.45. The van der Waals surface area contributed by atoms with Crippen molar-refractivity contribution in [2.24, 2.45) is 7.05 Å². The van der Waals surface area contributed by atoms with Gasteiger partial charge < -0.3 is 9.42 Å². The second-order valence-corrected chi connectivity index (χ2v) is 8.52. The van der Waals surface area contributed by atoms with Gasteiger partial charge in [0, 0.05) is 57.6 Å². The number of hydrogen-bond donors (Lipinski definition) is 0. The number of piperidine rings is 1. The average Bonchev–Trinajstić information content (AvgIpc) is 3.52. The zero-order valence-corrected chi connectivity index (χ0v) is 17.8. The number of rotatable bonds is 5. The smallest absolute Gasteiger partial charge is 0.225 e. The summed E-state index contributed by atoms with van der Waals surface area (Å²) in [6.45, 7) is 7.01. The van der Waals surface area contributed by atoms with Gasteiger partial charge in [-0.05, 0) is 45.2 Å². The van der Waals surface area contributed by atoms with E-state index in [0.29, 0.717) is 5.92 Å². The minimum absolute atomic E-state index is 0.344. The van der Waals surface area contributed by atoms with Crippen LogP contribution >= 0.6 is 0 Å². The number of hydrogen-bond acceptors (Lipinski definition) is 7. The highest BCUT2D eigenvalue weighted by Crippen LogP contribution is 2.35. The van der Waals surface area contributed by atoms with E-state index >= 15 is 0 Å². The molecule has 0 aromatic carbocycles. The van der Waals surface area contributed by atoms with Crippen LogP contribution < -0.4 is 4.90 Å². The maximum Gasteiger partial charge on any atom is 0.225 e. The first-order valence-corrected chi connectivity index (χ1v) is 10.9. The third-order valence-corrected chi connectivity index (χ3v) is 6.29. The predicted octanol–water partition coefficient (Wildman–Crippen LogP) is 3.15. The largest absolute Gasteiger partial charge is 0.356 e. The Bertz CT molecular complexity index is 1000. The van der Waals surface area contributed by atoms with Gasteiger partial charge in [-0.1, -0.05) is 5.16 Å². The molecule has 0 saturated carbocycles.